The molecule has 0 fully saturated rings. The molecule has 2 amide bonds. The second kappa shape index (κ2) is 10.2. The molecule has 0 aliphatic heterocycles. The molecule has 1 aromatic heterocycles. The molecule has 0 radical (unpaired) electrons. The van der Waals surface area contributed by atoms with Crippen LogP contribution in [0.2, 0.25) is 0 Å². The molecule has 0 saturated carbocycles. The molecule has 3 aromatic rings. The molecular weight excluding hydrogens is 418 g/mol. The van der Waals surface area contributed by atoms with Crippen LogP contribution in [0.15, 0.2) is 47.0 Å². The molecule has 0 bridgehead atoms. The van der Waals surface area contributed by atoms with Gasteiger partial charge in [-0.2, -0.15) is 4.98 Å². The number of amides is 2. The van der Waals surface area contributed by atoms with E-state index < -0.39 is 10.8 Å². The van der Waals surface area contributed by atoms with Gasteiger partial charge in [-0.1, -0.05) is 35.0 Å². The SMILES string of the molecule is Cc1ccc(OCC(=O)NCCNC(=O)c2nc(-c3cccc([N+](=O)[O-])c3)no2)c(C)c1. The van der Waals surface area contributed by atoms with Crippen LogP contribution in [-0.4, -0.2) is 46.6 Å². The van der Waals surface area contributed by atoms with Gasteiger partial charge in [0.25, 0.3) is 11.6 Å². The van der Waals surface area contributed by atoms with Crippen molar-refractivity contribution in [2.75, 3.05) is 19.7 Å². The monoisotopic (exact) mass is 439 g/mol. The fourth-order valence-electron chi connectivity index (χ4n) is 2.80. The number of benzene rings is 2. The maximum Gasteiger partial charge on any atom is 0.316 e. The molecule has 11 nitrogen and oxygen atoms in total. The Balaban J connectivity index is 1.43. The van der Waals surface area contributed by atoms with Gasteiger partial charge < -0.3 is 19.9 Å². The first-order valence-corrected chi connectivity index (χ1v) is 9.67. The van der Waals surface area contributed by atoms with Crippen molar-refractivity contribution in [3.8, 4) is 17.1 Å². The van der Waals surface area contributed by atoms with Crippen LogP contribution in [-0.2, 0) is 4.79 Å². The molecule has 0 aliphatic rings. The zero-order valence-corrected chi connectivity index (χ0v) is 17.5. The number of non-ortho nitro benzene ring substituents is 1. The van der Waals surface area contributed by atoms with Crippen molar-refractivity contribution >= 4 is 17.5 Å². The number of nitro groups is 1. The van der Waals surface area contributed by atoms with Crippen LogP contribution in [0, 0.1) is 24.0 Å². The number of hydrogen-bond acceptors (Lipinski definition) is 8. The normalized spacial score (nSPS) is 10.4. The standard InChI is InChI=1S/C21H21N5O6/c1-13-6-7-17(14(2)10-13)31-12-18(27)22-8-9-23-20(28)21-24-19(25-32-21)15-4-3-5-16(11-15)26(29)30/h3-7,10-11H,8-9,12H2,1-2H3,(H,22,27)(H,23,28). The lowest BCUT2D eigenvalue weighted by Gasteiger charge is -2.10. The summed E-state index contributed by atoms with van der Waals surface area (Å²) in [4.78, 5) is 38.3. The highest BCUT2D eigenvalue weighted by molar-refractivity contribution is 5.90. The largest absolute Gasteiger partial charge is 0.484 e. The quantitative estimate of drug-likeness (QED) is 0.293. The van der Waals surface area contributed by atoms with Crippen molar-refractivity contribution in [2.45, 2.75) is 13.8 Å². The summed E-state index contributed by atoms with van der Waals surface area (Å²) in [5.74, 6) is -0.568. The molecule has 2 aromatic carbocycles. The van der Waals surface area contributed by atoms with E-state index in [4.69, 9.17) is 9.26 Å². The van der Waals surface area contributed by atoms with E-state index >= 15 is 0 Å². The third-order valence-electron chi connectivity index (χ3n) is 4.36. The number of carbonyl (C=O) groups is 2. The lowest BCUT2D eigenvalue weighted by Crippen LogP contribution is -2.36. The molecule has 32 heavy (non-hydrogen) atoms. The first-order chi connectivity index (χ1) is 15.3. The van der Waals surface area contributed by atoms with Crippen LogP contribution in [0.4, 0.5) is 5.69 Å². The lowest BCUT2D eigenvalue weighted by molar-refractivity contribution is -0.384. The Morgan fingerprint density at radius 1 is 1.12 bits per heavy atom. The van der Waals surface area contributed by atoms with Crippen molar-refractivity contribution in [1.29, 1.82) is 0 Å². The van der Waals surface area contributed by atoms with Crippen molar-refractivity contribution in [1.82, 2.24) is 20.8 Å². The Labute approximate surface area is 182 Å². The Bertz CT molecular complexity index is 1140. The minimum Gasteiger partial charge on any atom is -0.484 e. The zero-order chi connectivity index (χ0) is 23.1. The summed E-state index contributed by atoms with van der Waals surface area (Å²) in [6.45, 7) is 4.03. The second-order valence-electron chi connectivity index (χ2n) is 6.89. The highest BCUT2D eigenvalue weighted by Gasteiger charge is 2.17. The summed E-state index contributed by atoms with van der Waals surface area (Å²) < 4.78 is 10.4. The smallest absolute Gasteiger partial charge is 0.316 e. The molecule has 166 valence electrons. The average molecular weight is 439 g/mol. The van der Waals surface area contributed by atoms with Gasteiger partial charge in [0.15, 0.2) is 6.61 Å². The van der Waals surface area contributed by atoms with E-state index in [-0.39, 0.29) is 43.0 Å². The number of nitrogens with one attached hydrogen (secondary N) is 2. The van der Waals surface area contributed by atoms with Crippen LogP contribution in [0.5, 0.6) is 5.75 Å². The Kier molecular flexibility index (Phi) is 7.11. The van der Waals surface area contributed by atoms with E-state index in [1.54, 1.807) is 6.07 Å². The summed E-state index contributed by atoms with van der Waals surface area (Å²) in [5, 5.41) is 19.7. The first-order valence-electron chi connectivity index (χ1n) is 9.67. The fraction of sp³-hybridized carbons (Fsp3) is 0.238. The minimum atomic E-state index is -0.630. The predicted molar refractivity (Wildman–Crippen MR) is 113 cm³/mol. The summed E-state index contributed by atoms with van der Waals surface area (Å²) in [5.41, 5.74) is 2.26. The number of rotatable bonds is 9. The van der Waals surface area contributed by atoms with E-state index in [1.807, 2.05) is 32.0 Å². The third kappa shape index (κ3) is 5.88. The molecular formula is C21H21N5O6. The minimum absolute atomic E-state index is 0.0516. The van der Waals surface area contributed by atoms with Crippen molar-refractivity contribution in [2.24, 2.45) is 0 Å². The van der Waals surface area contributed by atoms with Gasteiger partial charge in [-0.3, -0.25) is 19.7 Å². The van der Waals surface area contributed by atoms with Crippen LogP contribution in [0.3, 0.4) is 0 Å². The van der Waals surface area contributed by atoms with Gasteiger partial charge in [0.1, 0.15) is 5.75 Å². The summed E-state index contributed by atoms with van der Waals surface area (Å²) in [6.07, 6.45) is 0. The van der Waals surface area contributed by atoms with Gasteiger partial charge in [0.2, 0.25) is 5.82 Å². The number of carbonyl (C=O) groups excluding carboxylic acids is 2. The summed E-state index contributed by atoms with van der Waals surface area (Å²) >= 11 is 0. The van der Waals surface area contributed by atoms with Gasteiger partial charge in [-0.05, 0) is 25.5 Å². The van der Waals surface area contributed by atoms with Crippen LogP contribution >= 0.6 is 0 Å². The number of aromatic nitrogens is 2. The van der Waals surface area contributed by atoms with Gasteiger partial charge in [-0.15, -0.1) is 0 Å². The number of nitro benzene ring substituents is 1. The van der Waals surface area contributed by atoms with Gasteiger partial charge in [0.05, 0.1) is 4.92 Å². The van der Waals surface area contributed by atoms with Crippen LogP contribution in [0.25, 0.3) is 11.4 Å². The molecule has 2 N–H and O–H groups in total. The van der Waals surface area contributed by atoms with E-state index in [1.165, 1.54) is 18.2 Å². The van der Waals surface area contributed by atoms with E-state index in [9.17, 15) is 19.7 Å². The number of ether oxygens (including phenoxy) is 1. The molecule has 3 rings (SSSR count). The Morgan fingerprint density at radius 2 is 1.91 bits per heavy atom. The molecule has 0 aliphatic carbocycles. The second-order valence-corrected chi connectivity index (χ2v) is 6.89. The number of aryl methyl sites for hydroxylation is 2. The maximum absolute atomic E-state index is 12.1. The molecule has 0 unspecified atom stereocenters. The molecule has 11 heteroatoms. The van der Waals surface area contributed by atoms with Crippen LogP contribution < -0.4 is 15.4 Å². The molecule has 0 spiro atoms. The summed E-state index contributed by atoms with van der Waals surface area (Å²) in [7, 11) is 0. The number of hydrogen-bond donors (Lipinski definition) is 2. The predicted octanol–water partition coefficient (Wildman–Crippen LogP) is 2.19. The van der Waals surface area contributed by atoms with Gasteiger partial charge in [0, 0.05) is 30.8 Å². The highest BCUT2D eigenvalue weighted by Crippen LogP contribution is 2.21. The van der Waals surface area contributed by atoms with Crippen LogP contribution in [0.1, 0.15) is 21.8 Å². The van der Waals surface area contributed by atoms with Crippen molar-refractivity contribution < 1.29 is 23.8 Å². The van der Waals surface area contributed by atoms with Gasteiger partial charge in [-0.25, -0.2) is 0 Å². The molecule has 0 atom stereocenters. The average Bonchev–Trinajstić information content (AvgIpc) is 3.26. The Morgan fingerprint density at radius 3 is 2.66 bits per heavy atom. The third-order valence-corrected chi connectivity index (χ3v) is 4.36. The van der Waals surface area contributed by atoms with E-state index in [2.05, 4.69) is 20.8 Å². The zero-order valence-electron chi connectivity index (χ0n) is 17.5. The van der Waals surface area contributed by atoms with Crippen molar-refractivity contribution in [3.05, 3.63) is 69.6 Å². The Hall–Kier alpha value is -4.28. The highest BCUT2D eigenvalue weighted by atomic mass is 16.6. The lowest BCUT2D eigenvalue weighted by atomic mass is 10.1. The van der Waals surface area contributed by atoms with Crippen molar-refractivity contribution in [3.63, 3.8) is 0 Å². The fourth-order valence-corrected chi connectivity index (χ4v) is 2.80. The topological polar surface area (TPSA) is 149 Å². The van der Waals surface area contributed by atoms with Gasteiger partial charge >= 0.3 is 11.8 Å². The molecule has 1 heterocycles. The number of nitrogens with zero attached hydrogens (tertiary/aromatic N) is 3. The maximum atomic E-state index is 12.1. The van der Waals surface area contributed by atoms with E-state index in [0.717, 1.165) is 11.1 Å². The summed E-state index contributed by atoms with van der Waals surface area (Å²) in [6, 6.07) is 11.3. The van der Waals surface area contributed by atoms with E-state index in [0.29, 0.717) is 11.3 Å². The first kappa shape index (κ1) is 22.4. The molecule has 0 saturated heterocycles.